The molecule has 24 heavy (non-hydrogen) atoms. The first kappa shape index (κ1) is 18.7. The van der Waals surface area contributed by atoms with Crippen molar-refractivity contribution in [2.45, 2.75) is 26.2 Å². The largest absolute Gasteiger partial charge is 0.494 e. The first-order valence-electron chi connectivity index (χ1n) is 9.00. The maximum atomic E-state index is 11.8. The van der Waals surface area contributed by atoms with E-state index in [1.807, 2.05) is 24.3 Å². The van der Waals surface area contributed by atoms with Crippen molar-refractivity contribution in [3.8, 4) is 5.75 Å². The van der Waals surface area contributed by atoms with E-state index in [4.69, 9.17) is 4.74 Å². The van der Waals surface area contributed by atoms with E-state index < -0.39 is 0 Å². The zero-order valence-electron chi connectivity index (χ0n) is 15.1. The number of carbonyl (C=O) groups is 1. The fourth-order valence-electron chi connectivity index (χ4n) is 2.75. The van der Waals surface area contributed by atoms with Gasteiger partial charge in [-0.25, -0.2) is 0 Å². The van der Waals surface area contributed by atoms with Gasteiger partial charge in [0.1, 0.15) is 5.75 Å². The normalized spacial score (nSPS) is 16.1. The number of piperazine rings is 1. The van der Waals surface area contributed by atoms with Gasteiger partial charge in [-0.2, -0.15) is 0 Å². The molecule has 0 spiro atoms. The summed E-state index contributed by atoms with van der Waals surface area (Å²) in [5.41, 5.74) is 1.22. The molecule has 0 aliphatic carbocycles. The first-order valence-corrected chi connectivity index (χ1v) is 9.00. The Balaban J connectivity index is 1.45. The van der Waals surface area contributed by atoms with Crippen LogP contribution in [-0.2, 0) is 4.79 Å². The lowest BCUT2D eigenvalue weighted by Crippen LogP contribution is -2.45. The van der Waals surface area contributed by atoms with Gasteiger partial charge >= 0.3 is 0 Å². The minimum absolute atomic E-state index is 0.126. The summed E-state index contributed by atoms with van der Waals surface area (Å²) >= 11 is 0. The number of hydrogen-bond donors (Lipinski definition) is 1. The molecular weight excluding hydrogens is 302 g/mol. The number of nitrogens with zero attached hydrogens (tertiary/aromatic N) is 2. The van der Waals surface area contributed by atoms with Crippen LogP contribution in [0.25, 0.3) is 0 Å². The van der Waals surface area contributed by atoms with Crippen molar-refractivity contribution >= 4 is 5.91 Å². The average molecular weight is 333 g/mol. The van der Waals surface area contributed by atoms with Crippen LogP contribution in [0.1, 0.15) is 24.8 Å². The quantitative estimate of drug-likeness (QED) is 0.701. The van der Waals surface area contributed by atoms with Crippen molar-refractivity contribution in [1.82, 2.24) is 15.1 Å². The number of hydrogen-bond acceptors (Lipinski definition) is 4. The Morgan fingerprint density at radius 1 is 1.12 bits per heavy atom. The Morgan fingerprint density at radius 3 is 2.54 bits per heavy atom. The summed E-state index contributed by atoms with van der Waals surface area (Å²) in [7, 11) is 2.17. The second kappa shape index (κ2) is 10.3. The third kappa shape index (κ3) is 7.32. The van der Waals surface area contributed by atoms with E-state index in [-0.39, 0.29) is 5.91 Å². The molecule has 1 aliphatic rings. The van der Waals surface area contributed by atoms with Crippen LogP contribution >= 0.6 is 0 Å². The SMILES string of the molecule is Cc1ccc(OCCCC(=O)NCCCN2CCN(C)CC2)cc1. The Bertz CT molecular complexity index is 482. The highest BCUT2D eigenvalue weighted by Gasteiger charge is 2.12. The van der Waals surface area contributed by atoms with Gasteiger partial charge in [0.2, 0.25) is 5.91 Å². The number of carbonyl (C=O) groups excluding carboxylic acids is 1. The molecule has 0 radical (unpaired) electrons. The van der Waals surface area contributed by atoms with Crippen LogP contribution < -0.4 is 10.1 Å². The number of ether oxygens (including phenoxy) is 1. The van der Waals surface area contributed by atoms with Gasteiger partial charge in [-0.3, -0.25) is 4.79 Å². The predicted octanol–water partition coefficient (Wildman–Crippen LogP) is 1.91. The molecular formula is C19H31N3O2. The van der Waals surface area contributed by atoms with Gasteiger partial charge in [0, 0.05) is 39.1 Å². The molecule has 0 bridgehead atoms. The van der Waals surface area contributed by atoms with Crippen molar-refractivity contribution < 1.29 is 9.53 Å². The summed E-state index contributed by atoms with van der Waals surface area (Å²) < 4.78 is 5.63. The summed E-state index contributed by atoms with van der Waals surface area (Å²) in [6.45, 7) is 9.05. The maximum Gasteiger partial charge on any atom is 0.220 e. The lowest BCUT2D eigenvalue weighted by Gasteiger charge is -2.32. The molecule has 0 saturated carbocycles. The van der Waals surface area contributed by atoms with Crippen molar-refractivity contribution in [3.63, 3.8) is 0 Å². The summed E-state index contributed by atoms with van der Waals surface area (Å²) in [5.74, 6) is 0.995. The smallest absolute Gasteiger partial charge is 0.220 e. The zero-order valence-corrected chi connectivity index (χ0v) is 15.1. The molecule has 1 aliphatic heterocycles. The van der Waals surface area contributed by atoms with E-state index in [1.165, 1.54) is 5.56 Å². The molecule has 1 amide bonds. The average Bonchev–Trinajstić information content (AvgIpc) is 2.59. The molecule has 5 heteroatoms. The lowest BCUT2D eigenvalue weighted by atomic mass is 10.2. The summed E-state index contributed by atoms with van der Waals surface area (Å²) in [4.78, 5) is 16.6. The number of benzene rings is 1. The molecule has 1 aromatic carbocycles. The summed E-state index contributed by atoms with van der Waals surface area (Å²) in [6.07, 6.45) is 2.30. The Labute approximate surface area is 146 Å². The molecule has 5 nitrogen and oxygen atoms in total. The third-order valence-electron chi connectivity index (χ3n) is 4.41. The summed E-state index contributed by atoms with van der Waals surface area (Å²) in [6, 6.07) is 7.99. The Kier molecular flexibility index (Phi) is 8.05. The maximum absolute atomic E-state index is 11.8. The zero-order chi connectivity index (χ0) is 17.2. The molecule has 2 rings (SSSR count). The number of amides is 1. The van der Waals surface area contributed by atoms with Gasteiger partial charge in [-0.05, 0) is 45.5 Å². The highest BCUT2D eigenvalue weighted by molar-refractivity contribution is 5.75. The van der Waals surface area contributed by atoms with Crippen LogP contribution in [0, 0.1) is 6.92 Å². The van der Waals surface area contributed by atoms with Crippen LogP contribution in [-0.4, -0.2) is 68.6 Å². The molecule has 0 unspecified atom stereocenters. The molecule has 0 aromatic heterocycles. The van der Waals surface area contributed by atoms with E-state index in [9.17, 15) is 4.79 Å². The minimum atomic E-state index is 0.126. The molecule has 0 atom stereocenters. The molecule has 134 valence electrons. The first-order chi connectivity index (χ1) is 11.6. The third-order valence-corrected chi connectivity index (χ3v) is 4.41. The Hall–Kier alpha value is -1.59. The fourth-order valence-corrected chi connectivity index (χ4v) is 2.75. The van der Waals surface area contributed by atoms with E-state index >= 15 is 0 Å². The molecule has 1 fully saturated rings. The molecule has 1 heterocycles. The van der Waals surface area contributed by atoms with Crippen LogP contribution in [0.5, 0.6) is 5.75 Å². The lowest BCUT2D eigenvalue weighted by molar-refractivity contribution is -0.121. The minimum Gasteiger partial charge on any atom is -0.494 e. The van der Waals surface area contributed by atoms with Crippen molar-refractivity contribution in [2.75, 3.05) is 52.9 Å². The van der Waals surface area contributed by atoms with Crippen molar-refractivity contribution in [3.05, 3.63) is 29.8 Å². The van der Waals surface area contributed by atoms with Crippen LogP contribution in [0.15, 0.2) is 24.3 Å². The highest BCUT2D eigenvalue weighted by atomic mass is 16.5. The number of nitrogens with one attached hydrogen (secondary N) is 1. The van der Waals surface area contributed by atoms with Gasteiger partial charge in [-0.15, -0.1) is 0 Å². The van der Waals surface area contributed by atoms with E-state index in [2.05, 4.69) is 29.1 Å². The summed E-state index contributed by atoms with van der Waals surface area (Å²) in [5, 5.41) is 3.01. The molecule has 1 N–H and O–H groups in total. The van der Waals surface area contributed by atoms with Gasteiger partial charge in [0.05, 0.1) is 6.61 Å². The predicted molar refractivity (Wildman–Crippen MR) is 97.5 cm³/mol. The van der Waals surface area contributed by atoms with E-state index in [0.29, 0.717) is 13.0 Å². The highest BCUT2D eigenvalue weighted by Crippen LogP contribution is 2.11. The van der Waals surface area contributed by atoms with E-state index in [1.54, 1.807) is 0 Å². The van der Waals surface area contributed by atoms with Crippen molar-refractivity contribution in [2.24, 2.45) is 0 Å². The number of rotatable bonds is 9. The van der Waals surface area contributed by atoms with Crippen molar-refractivity contribution in [1.29, 1.82) is 0 Å². The number of likely N-dealkylation sites (N-methyl/N-ethyl adjacent to an activating group) is 1. The topological polar surface area (TPSA) is 44.8 Å². The van der Waals surface area contributed by atoms with Gasteiger partial charge in [-0.1, -0.05) is 17.7 Å². The second-order valence-electron chi connectivity index (χ2n) is 6.61. The van der Waals surface area contributed by atoms with Gasteiger partial charge in [0.25, 0.3) is 0 Å². The van der Waals surface area contributed by atoms with Crippen LogP contribution in [0.2, 0.25) is 0 Å². The molecule has 1 saturated heterocycles. The monoisotopic (exact) mass is 333 g/mol. The number of aryl methyl sites for hydroxylation is 1. The van der Waals surface area contributed by atoms with Gasteiger partial charge in [0.15, 0.2) is 0 Å². The van der Waals surface area contributed by atoms with E-state index in [0.717, 1.165) is 57.9 Å². The fraction of sp³-hybridized carbons (Fsp3) is 0.632. The molecule has 1 aromatic rings. The van der Waals surface area contributed by atoms with Gasteiger partial charge < -0.3 is 19.9 Å². The van der Waals surface area contributed by atoms with Crippen LogP contribution in [0.4, 0.5) is 0 Å². The Morgan fingerprint density at radius 2 is 1.83 bits per heavy atom. The van der Waals surface area contributed by atoms with Crippen LogP contribution in [0.3, 0.4) is 0 Å². The standard InChI is InChI=1S/C19H31N3O2/c1-17-6-8-18(9-7-17)24-16-3-5-19(23)20-10-4-11-22-14-12-21(2)13-15-22/h6-9H,3-5,10-16H2,1-2H3,(H,20,23). The second-order valence-corrected chi connectivity index (χ2v) is 6.61.